The van der Waals surface area contributed by atoms with Crippen molar-refractivity contribution in [2.45, 2.75) is 45.3 Å². The number of halogens is 1. The molecule has 0 spiro atoms. The first-order valence-corrected chi connectivity index (χ1v) is 9.67. The molecule has 0 radical (unpaired) electrons. The third-order valence-corrected chi connectivity index (χ3v) is 5.59. The van der Waals surface area contributed by atoms with Crippen LogP contribution >= 0.6 is 0 Å². The number of anilines is 1. The molecule has 1 N–H and O–H groups in total. The molecular weight excluding hydrogens is 335 g/mol. The fourth-order valence-corrected chi connectivity index (χ4v) is 4.07. The second kappa shape index (κ2) is 8.82. The topological polar surface area (TPSA) is 53.0 Å². The van der Waals surface area contributed by atoms with Crippen LogP contribution in [0.25, 0.3) is 0 Å². The van der Waals surface area contributed by atoms with Gasteiger partial charge in [0.25, 0.3) is 0 Å². The van der Waals surface area contributed by atoms with Crippen molar-refractivity contribution >= 4 is 11.6 Å². The van der Waals surface area contributed by atoms with Gasteiger partial charge in [0, 0.05) is 44.3 Å². The molecule has 2 fully saturated rings. The van der Waals surface area contributed by atoms with Crippen molar-refractivity contribution in [2.75, 3.05) is 37.7 Å². The van der Waals surface area contributed by atoms with Crippen LogP contribution in [0.3, 0.4) is 0 Å². The van der Waals surface area contributed by atoms with E-state index in [-0.39, 0.29) is 24.2 Å². The molecule has 2 aliphatic rings. The molecule has 0 aromatic heterocycles. The Balaban J connectivity index is 1.53. The van der Waals surface area contributed by atoms with Crippen molar-refractivity contribution < 1.29 is 19.0 Å². The van der Waals surface area contributed by atoms with E-state index in [0.29, 0.717) is 43.5 Å². The number of rotatable bonds is 5. The molecule has 1 saturated heterocycles. The van der Waals surface area contributed by atoms with Crippen molar-refractivity contribution in [3.05, 3.63) is 29.6 Å². The Morgan fingerprint density at radius 2 is 1.88 bits per heavy atom. The van der Waals surface area contributed by atoms with Crippen molar-refractivity contribution in [3.8, 4) is 0 Å². The van der Waals surface area contributed by atoms with Crippen LogP contribution in [0.4, 0.5) is 10.1 Å². The van der Waals surface area contributed by atoms with Crippen molar-refractivity contribution in [3.63, 3.8) is 0 Å². The maximum Gasteiger partial charge on any atom is 0.225 e. The summed E-state index contributed by atoms with van der Waals surface area (Å²) in [4.78, 5) is 16.7. The van der Waals surface area contributed by atoms with Gasteiger partial charge >= 0.3 is 0 Å². The lowest BCUT2D eigenvalue weighted by atomic mass is 9.86. The Bertz CT molecular complexity index is 609. The zero-order valence-electron chi connectivity index (χ0n) is 15.5. The molecule has 144 valence electrons. The summed E-state index contributed by atoms with van der Waals surface area (Å²) in [5.74, 6) is -0.0130. The first-order valence-electron chi connectivity index (χ1n) is 9.67. The first-order chi connectivity index (χ1) is 12.6. The first kappa shape index (κ1) is 19.1. The lowest BCUT2D eigenvalue weighted by Crippen LogP contribution is -2.51. The number of nitrogens with zero attached hydrogens (tertiary/aromatic N) is 2. The van der Waals surface area contributed by atoms with E-state index in [1.807, 2.05) is 16.7 Å². The fraction of sp³-hybridized carbons (Fsp3) is 0.650. The number of piperazine rings is 1. The van der Waals surface area contributed by atoms with Crippen LogP contribution in [-0.2, 0) is 16.1 Å². The van der Waals surface area contributed by atoms with Crippen LogP contribution in [0.15, 0.2) is 18.2 Å². The van der Waals surface area contributed by atoms with Gasteiger partial charge in [-0.1, -0.05) is 12.1 Å². The summed E-state index contributed by atoms with van der Waals surface area (Å²) in [6, 6.07) is 5.09. The smallest absolute Gasteiger partial charge is 0.225 e. The third kappa shape index (κ3) is 4.18. The number of ether oxygens (including phenoxy) is 1. The summed E-state index contributed by atoms with van der Waals surface area (Å²) in [5.41, 5.74) is 0.827. The number of benzene rings is 1. The minimum Gasteiger partial charge on any atom is -0.392 e. The minimum absolute atomic E-state index is 0.104. The highest BCUT2D eigenvalue weighted by Gasteiger charge is 2.31. The van der Waals surface area contributed by atoms with Crippen molar-refractivity contribution in [2.24, 2.45) is 5.92 Å². The van der Waals surface area contributed by atoms with Crippen LogP contribution in [0, 0.1) is 11.7 Å². The van der Waals surface area contributed by atoms with Gasteiger partial charge in [-0.25, -0.2) is 4.39 Å². The number of aliphatic hydroxyl groups excluding tert-OH is 1. The summed E-state index contributed by atoms with van der Waals surface area (Å²) in [6.07, 6.45) is 4.03. The molecule has 3 rings (SSSR count). The van der Waals surface area contributed by atoms with E-state index >= 15 is 0 Å². The second-order valence-electron chi connectivity index (χ2n) is 7.15. The monoisotopic (exact) mass is 364 g/mol. The van der Waals surface area contributed by atoms with Gasteiger partial charge in [0.15, 0.2) is 5.82 Å². The predicted molar refractivity (Wildman–Crippen MR) is 98.5 cm³/mol. The molecule has 0 bridgehead atoms. The maximum absolute atomic E-state index is 14.4. The van der Waals surface area contributed by atoms with Crippen LogP contribution < -0.4 is 4.90 Å². The van der Waals surface area contributed by atoms with E-state index in [9.17, 15) is 14.3 Å². The molecule has 26 heavy (non-hydrogen) atoms. The number of carbonyl (C=O) groups excluding carboxylic acids is 1. The van der Waals surface area contributed by atoms with Crippen LogP contribution in [-0.4, -0.2) is 54.8 Å². The molecule has 1 aliphatic heterocycles. The molecule has 1 saturated carbocycles. The Hall–Kier alpha value is -1.66. The molecule has 6 heteroatoms. The normalized spacial score (nSPS) is 24.0. The van der Waals surface area contributed by atoms with Gasteiger partial charge < -0.3 is 19.6 Å². The second-order valence-corrected chi connectivity index (χ2v) is 7.15. The number of amides is 1. The van der Waals surface area contributed by atoms with Gasteiger partial charge in [-0.15, -0.1) is 0 Å². The highest BCUT2D eigenvalue weighted by atomic mass is 19.1. The fourth-order valence-electron chi connectivity index (χ4n) is 4.07. The lowest BCUT2D eigenvalue weighted by molar-refractivity contribution is -0.137. The lowest BCUT2D eigenvalue weighted by Gasteiger charge is -2.39. The summed E-state index contributed by atoms with van der Waals surface area (Å²) in [5, 5.41) is 9.23. The minimum atomic E-state index is -0.357. The van der Waals surface area contributed by atoms with Gasteiger partial charge in [0.2, 0.25) is 5.91 Å². The average Bonchev–Trinajstić information content (AvgIpc) is 2.69. The van der Waals surface area contributed by atoms with Gasteiger partial charge in [-0.2, -0.15) is 0 Å². The molecule has 1 aromatic carbocycles. The van der Waals surface area contributed by atoms with Gasteiger partial charge in [-0.3, -0.25) is 4.79 Å². The van der Waals surface area contributed by atoms with Crippen LogP contribution in [0.2, 0.25) is 0 Å². The summed E-state index contributed by atoms with van der Waals surface area (Å²) >= 11 is 0. The zero-order valence-corrected chi connectivity index (χ0v) is 15.5. The van der Waals surface area contributed by atoms with Crippen molar-refractivity contribution in [1.29, 1.82) is 0 Å². The van der Waals surface area contributed by atoms with Gasteiger partial charge in [0.05, 0.1) is 18.4 Å². The van der Waals surface area contributed by atoms with Crippen LogP contribution in [0.1, 0.15) is 38.2 Å². The number of hydrogen-bond acceptors (Lipinski definition) is 4. The zero-order chi connectivity index (χ0) is 18.5. The van der Waals surface area contributed by atoms with Gasteiger partial charge in [-0.05, 0) is 38.7 Å². The summed E-state index contributed by atoms with van der Waals surface area (Å²) < 4.78 is 20.1. The highest BCUT2D eigenvalue weighted by molar-refractivity contribution is 5.79. The molecule has 5 nitrogen and oxygen atoms in total. The maximum atomic E-state index is 14.4. The van der Waals surface area contributed by atoms with Gasteiger partial charge in [0.1, 0.15) is 0 Å². The summed E-state index contributed by atoms with van der Waals surface area (Å²) in [6.45, 7) is 4.91. The standard InChI is InChI=1S/C20H29FN2O3/c1-2-26-17-8-6-15(7-9-17)20(25)23-12-10-22(11-13-23)18-5-3-4-16(14-24)19(18)21/h3-5,15,17,24H,2,6-14H2,1H3/t15-,17-. The highest BCUT2D eigenvalue weighted by Crippen LogP contribution is 2.29. The molecule has 1 aliphatic carbocycles. The largest absolute Gasteiger partial charge is 0.392 e. The Morgan fingerprint density at radius 3 is 2.50 bits per heavy atom. The Kier molecular flexibility index (Phi) is 6.48. The number of carbonyl (C=O) groups is 1. The van der Waals surface area contributed by atoms with E-state index < -0.39 is 0 Å². The molecule has 0 unspecified atom stereocenters. The van der Waals surface area contributed by atoms with E-state index in [1.54, 1.807) is 18.2 Å². The average molecular weight is 364 g/mol. The molecule has 0 atom stereocenters. The molecule has 1 amide bonds. The summed E-state index contributed by atoms with van der Waals surface area (Å²) in [7, 11) is 0. The van der Waals surface area contributed by atoms with E-state index in [4.69, 9.17) is 4.74 Å². The van der Waals surface area contributed by atoms with E-state index in [1.165, 1.54) is 0 Å². The van der Waals surface area contributed by atoms with E-state index in [0.717, 1.165) is 32.3 Å². The molecule has 1 heterocycles. The van der Waals surface area contributed by atoms with Crippen molar-refractivity contribution in [1.82, 2.24) is 4.90 Å². The van der Waals surface area contributed by atoms with E-state index in [2.05, 4.69) is 0 Å². The molecular formula is C20H29FN2O3. The predicted octanol–water partition coefficient (Wildman–Crippen LogP) is 2.56. The number of hydrogen-bond donors (Lipinski definition) is 1. The Morgan fingerprint density at radius 1 is 1.19 bits per heavy atom. The van der Waals surface area contributed by atoms with Crippen LogP contribution in [0.5, 0.6) is 0 Å². The number of aliphatic hydroxyl groups is 1. The third-order valence-electron chi connectivity index (χ3n) is 5.59. The molecule has 1 aromatic rings. The Labute approximate surface area is 154 Å². The SMILES string of the molecule is CCO[C@H]1CC[C@H](C(=O)N2CCN(c3cccc(CO)c3F)CC2)CC1. The quantitative estimate of drug-likeness (QED) is 0.872.